The third kappa shape index (κ3) is 3.48. The van der Waals surface area contributed by atoms with Crippen LogP contribution in [0.1, 0.15) is 34.7 Å². The molecule has 1 N–H and O–H groups in total. The Labute approximate surface area is 118 Å². The molecule has 0 amide bonds. The number of nitrogens with zero attached hydrogens (tertiary/aromatic N) is 1. The summed E-state index contributed by atoms with van der Waals surface area (Å²) in [7, 11) is 8.04. The summed E-state index contributed by atoms with van der Waals surface area (Å²) in [6.45, 7) is 7.47. The van der Waals surface area contributed by atoms with Crippen LogP contribution in [0.5, 0.6) is 5.75 Å². The Balaban J connectivity index is 3.32. The van der Waals surface area contributed by atoms with Crippen molar-refractivity contribution in [2.24, 2.45) is 0 Å². The van der Waals surface area contributed by atoms with Gasteiger partial charge in [0.15, 0.2) is 0 Å². The van der Waals surface area contributed by atoms with Crippen molar-refractivity contribution < 1.29 is 4.74 Å². The highest BCUT2D eigenvalue weighted by Gasteiger charge is 2.22. The molecule has 1 rings (SSSR count). The van der Waals surface area contributed by atoms with Crippen molar-refractivity contribution >= 4 is 0 Å². The number of nitrogens with one attached hydrogen (secondary N) is 1. The van der Waals surface area contributed by atoms with E-state index in [0.29, 0.717) is 6.04 Å². The molecule has 0 saturated carbocycles. The molecule has 0 saturated heterocycles. The van der Waals surface area contributed by atoms with Gasteiger partial charge < -0.3 is 15.0 Å². The number of hydrogen-bond donors (Lipinski definition) is 1. The molecule has 1 unspecified atom stereocenters. The largest absolute Gasteiger partial charge is 0.496 e. The van der Waals surface area contributed by atoms with Crippen LogP contribution in [-0.2, 0) is 0 Å². The number of ether oxygens (including phenoxy) is 1. The predicted octanol–water partition coefficient (Wildman–Crippen LogP) is 2.83. The highest BCUT2D eigenvalue weighted by Crippen LogP contribution is 2.37. The quantitative estimate of drug-likeness (QED) is 0.855. The second-order valence-corrected chi connectivity index (χ2v) is 5.45. The van der Waals surface area contributed by atoms with Gasteiger partial charge in [-0.2, -0.15) is 0 Å². The fraction of sp³-hybridized carbons (Fsp3) is 0.625. The first kappa shape index (κ1) is 16.0. The third-order valence-electron chi connectivity index (χ3n) is 3.86. The number of aryl methyl sites for hydroxylation is 2. The van der Waals surface area contributed by atoms with Crippen molar-refractivity contribution in [3.8, 4) is 5.75 Å². The number of hydrogen-bond acceptors (Lipinski definition) is 3. The molecule has 0 fully saturated rings. The zero-order valence-corrected chi connectivity index (χ0v) is 13.4. The van der Waals surface area contributed by atoms with E-state index in [2.05, 4.69) is 51.1 Å². The van der Waals surface area contributed by atoms with Crippen molar-refractivity contribution in [1.82, 2.24) is 10.2 Å². The Morgan fingerprint density at radius 1 is 1.21 bits per heavy atom. The van der Waals surface area contributed by atoms with E-state index in [-0.39, 0.29) is 0 Å². The molecule has 1 atom stereocenters. The molecule has 0 aliphatic heterocycles. The molecule has 3 heteroatoms. The lowest BCUT2D eigenvalue weighted by Gasteiger charge is -2.29. The van der Waals surface area contributed by atoms with E-state index in [1.807, 2.05) is 7.05 Å². The Bertz CT molecular complexity index is 427. The van der Waals surface area contributed by atoms with E-state index in [1.54, 1.807) is 7.11 Å². The standard InChI is InChI=1S/C16H28N2O/c1-11-10-12(2)15(16(19-7)13(11)3)14(18(5)6)8-9-17-4/h10,14,17H,8-9H2,1-7H3. The highest BCUT2D eigenvalue weighted by atomic mass is 16.5. The minimum Gasteiger partial charge on any atom is -0.496 e. The van der Waals surface area contributed by atoms with Gasteiger partial charge in [-0.1, -0.05) is 6.07 Å². The lowest BCUT2D eigenvalue weighted by molar-refractivity contribution is 0.272. The van der Waals surface area contributed by atoms with Gasteiger partial charge in [-0.3, -0.25) is 0 Å². The summed E-state index contributed by atoms with van der Waals surface area (Å²) >= 11 is 0. The number of rotatable bonds is 6. The predicted molar refractivity (Wildman–Crippen MR) is 82.2 cm³/mol. The summed E-state index contributed by atoms with van der Waals surface area (Å²) in [5.41, 5.74) is 5.18. The van der Waals surface area contributed by atoms with Gasteiger partial charge in [-0.15, -0.1) is 0 Å². The molecule has 0 heterocycles. The normalized spacial score (nSPS) is 12.8. The van der Waals surface area contributed by atoms with Crippen molar-refractivity contribution in [2.75, 3.05) is 34.8 Å². The maximum atomic E-state index is 5.70. The monoisotopic (exact) mass is 264 g/mol. The lowest BCUT2D eigenvalue weighted by atomic mass is 9.92. The van der Waals surface area contributed by atoms with Crippen LogP contribution in [0.25, 0.3) is 0 Å². The molecular formula is C16H28N2O. The average Bonchev–Trinajstić information content (AvgIpc) is 2.35. The second kappa shape index (κ2) is 6.92. The SMILES string of the molecule is CNCCC(c1c(C)cc(C)c(C)c1OC)N(C)C. The van der Waals surface area contributed by atoms with E-state index in [9.17, 15) is 0 Å². The van der Waals surface area contributed by atoms with Crippen LogP contribution in [0.15, 0.2) is 6.07 Å². The van der Waals surface area contributed by atoms with Crippen LogP contribution in [0.4, 0.5) is 0 Å². The fourth-order valence-electron chi connectivity index (χ4n) is 2.69. The van der Waals surface area contributed by atoms with Gasteiger partial charge in [0.1, 0.15) is 5.75 Å². The summed E-state index contributed by atoms with van der Waals surface area (Å²) in [5.74, 6) is 1.05. The maximum absolute atomic E-state index is 5.70. The first-order valence-electron chi connectivity index (χ1n) is 6.89. The van der Waals surface area contributed by atoms with E-state index in [4.69, 9.17) is 4.74 Å². The molecular weight excluding hydrogens is 236 g/mol. The lowest BCUT2D eigenvalue weighted by Crippen LogP contribution is -2.25. The van der Waals surface area contributed by atoms with E-state index >= 15 is 0 Å². The van der Waals surface area contributed by atoms with Crippen molar-refractivity contribution in [2.45, 2.75) is 33.2 Å². The van der Waals surface area contributed by atoms with Crippen LogP contribution in [0, 0.1) is 20.8 Å². The van der Waals surface area contributed by atoms with Crippen LogP contribution >= 0.6 is 0 Å². The molecule has 3 nitrogen and oxygen atoms in total. The van der Waals surface area contributed by atoms with Gasteiger partial charge in [-0.05, 0) is 71.6 Å². The molecule has 1 aromatic carbocycles. The number of methoxy groups -OCH3 is 1. The average molecular weight is 264 g/mol. The topological polar surface area (TPSA) is 24.5 Å². The number of benzene rings is 1. The smallest absolute Gasteiger partial charge is 0.127 e. The van der Waals surface area contributed by atoms with Crippen molar-refractivity contribution in [1.29, 1.82) is 0 Å². The summed E-state index contributed by atoms with van der Waals surface area (Å²) in [6.07, 6.45) is 1.07. The molecule has 1 aromatic rings. The van der Waals surface area contributed by atoms with Crippen LogP contribution < -0.4 is 10.1 Å². The van der Waals surface area contributed by atoms with Crippen LogP contribution in [0.2, 0.25) is 0 Å². The van der Waals surface area contributed by atoms with E-state index in [0.717, 1.165) is 18.7 Å². The summed E-state index contributed by atoms with van der Waals surface area (Å²) < 4.78 is 5.70. The molecule has 0 radical (unpaired) electrons. The van der Waals surface area contributed by atoms with Crippen molar-refractivity contribution in [3.63, 3.8) is 0 Å². The Morgan fingerprint density at radius 3 is 2.32 bits per heavy atom. The second-order valence-electron chi connectivity index (χ2n) is 5.45. The highest BCUT2D eigenvalue weighted by molar-refractivity contribution is 5.51. The Morgan fingerprint density at radius 2 is 1.84 bits per heavy atom. The van der Waals surface area contributed by atoms with E-state index in [1.165, 1.54) is 22.3 Å². The van der Waals surface area contributed by atoms with Gasteiger partial charge in [0, 0.05) is 11.6 Å². The Hall–Kier alpha value is -1.06. The van der Waals surface area contributed by atoms with Crippen LogP contribution in [0.3, 0.4) is 0 Å². The maximum Gasteiger partial charge on any atom is 0.127 e. The fourth-order valence-corrected chi connectivity index (χ4v) is 2.69. The Kier molecular flexibility index (Phi) is 5.83. The zero-order valence-electron chi connectivity index (χ0n) is 13.4. The van der Waals surface area contributed by atoms with Crippen LogP contribution in [-0.4, -0.2) is 39.7 Å². The summed E-state index contributed by atoms with van der Waals surface area (Å²) in [6, 6.07) is 2.64. The molecule has 19 heavy (non-hydrogen) atoms. The molecule has 0 aromatic heterocycles. The van der Waals surface area contributed by atoms with Gasteiger partial charge in [0.25, 0.3) is 0 Å². The molecule has 0 spiro atoms. The minimum absolute atomic E-state index is 0.377. The van der Waals surface area contributed by atoms with E-state index < -0.39 is 0 Å². The summed E-state index contributed by atoms with van der Waals surface area (Å²) in [5, 5.41) is 3.24. The molecule has 108 valence electrons. The molecule has 0 aliphatic rings. The first-order chi connectivity index (χ1) is 8.93. The summed E-state index contributed by atoms with van der Waals surface area (Å²) in [4.78, 5) is 2.27. The minimum atomic E-state index is 0.377. The molecule has 0 aliphatic carbocycles. The third-order valence-corrected chi connectivity index (χ3v) is 3.86. The molecule has 0 bridgehead atoms. The first-order valence-corrected chi connectivity index (χ1v) is 6.89. The van der Waals surface area contributed by atoms with Crippen molar-refractivity contribution in [3.05, 3.63) is 28.3 Å². The van der Waals surface area contributed by atoms with Gasteiger partial charge >= 0.3 is 0 Å². The van der Waals surface area contributed by atoms with Gasteiger partial charge in [0.05, 0.1) is 7.11 Å². The van der Waals surface area contributed by atoms with Gasteiger partial charge in [-0.25, -0.2) is 0 Å². The zero-order chi connectivity index (χ0) is 14.6. The van der Waals surface area contributed by atoms with Gasteiger partial charge in [0.2, 0.25) is 0 Å².